The Hall–Kier alpha value is -2.26. The third-order valence-electron chi connectivity index (χ3n) is 6.06. The first kappa shape index (κ1) is 23.5. The van der Waals surface area contributed by atoms with Gasteiger partial charge < -0.3 is 15.0 Å². The van der Waals surface area contributed by atoms with E-state index in [9.17, 15) is 17.2 Å². The van der Waals surface area contributed by atoms with E-state index in [4.69, 9.17) is 4.74 Å². The molecule has 2 aromatic heterocycles. The first-order chi connectivity index (χ1) is 16.1. The summed E-state index contributed by atoms with van der Waals surface area (Å²) >= 11 is 0.716. The zero-order valence-corrected chi connectivity index (χ0v) is 20.4. The molecule has 34 heavy (non-hydrogen) atoms. The molecule has 2 aliphatic rings. The Kier molecular flexibility index (Phi) is 6.04. The van der Waals surface area contributed by atoms with Gasteiger partial charge in [0.2, 0.25) is 15.2 Å². The summed E-state index contributed by atoms with van der Waals surface area (Å²) in [5.74, 6) is 0. The molecule has 2 N–H and O–H groups in total. The normalized spacial score (nSPS) is 25.8. The molecule has 1 aromatic carbocycles. The molecule has 4 heterocycles. The number of fused-ring (bicyclic) bond motifs is 1. The predicted octanol–water partition coefficient (Wildman–Crippen LogP) is 2.07. The Morgan fingerprint density at radius 2 is 1.94 bits per heavy atom. The van der Waals surface area contributed by atoms with Crippen LogP contribution in [-0.2, 0) is 14.8 Å². The first-order valence-corrected chi connectivity index (χ1v) is 13.2. The van der Waals surface area contributed by atoms with Gasteiger partial charge in [0.15, 0.2) is 5.01 Å². The molecule has 0 radical (unpaired) electrons. The number of ether oxygens (including phenoxy) is 1. The second-order valence-electron chi connectivity index (χ2n) is 8.80. The second kappa shape index (κ2) is 8.75. The molecule has 2 saturated heterocycles. The van der Waals surface area contributed by atoms with Crippen molar-refractivity contribution in [1.82, 2.24) is 30.0 Å². The Bertz CT molecular complexity index is 1300. The van der Waals surface area contributed by atoms with Crippen molar-refractivity contribution in [3.8, 4) is 5.13 Å². The van der Waals surface area contributed by atoms with Crippen LogP contribution >= 0.6 is 11.3 Å². The predicted molar refractivity (Wildman–Crippen MR) is 123 cm³/mol. The van der Waals surface area contributed by atoms with Crippen molar-refractivity contribution in [1.29, 1.82) is 0 Å². The van der Waals surface area contributed by atoms with Gasteiger partial charge in [0.05, 0.1) is 35.4 Å². The van der Waals surface area contributed by atoms with Crippen molar-refractivity contribution in [2.75, 3.05) is 24.6 Å². The highest BCUT2D eigenvalue weighted by Gasteiger charge is 2.33. The number of halogens is 2. The average molecular weight is 514 g/mol. The van der Waals surface area contributed by atoms with E-state index in [0.29, 0.717) is 47.6 Å². The van der Waals surface area contributed by atoms with Crippen LogP contribution in [0.2, 0.25) is 0 Å². The van der Waals surface area contributed by atoms with E-state index < -0.39 is 21.5 Å². The molecule has 0 spiro atoms. The smallest absolute Gasteiger partial charge is 0.291 e. The van der Waals surface area contributed by atoms with E-state index in [1.807, 2.05) is 0 Å². The molecule has 0 aliphatic carbocycles. The van der Waals surface area contributed by atoms with E-state index in [1.54, 1.807) is 19.2 Å². The summed E-state index contributed by atoms with van der Waals surface area (Å²) in [6.45, 7) is 7.58. The summed E-state index contributed by atoms with van der Waals surface area (Å²) in [5.41, 5.74) is 1.16. The number of hydrogen-bond donors (Lipinski definition) is 2. The molecule has 2 aliphatic heterocycles. The van der Waals surface area contributed by atoms with E-state index in [2.05, 4.69) is 44.1 Å². The van der Waals surface area contributed by atoms with Gasteiger partial charge in [-0.25, -0.2) is 26.6 Å². The highest BCUT2D eigenvalue weighted by atomic mass is 32.2. The van der Waals surface area contributed by atoms with Crippen LogP contribution in [0.15, 0.2) is 23.2 Å². The number of piperazine rings is 1. The van der Waals surface area contributed by atoms with E-state index >= 15 is 0 Å². The van der Waals surface area contributed by atoms with Gasteiger partial charge >= 0.3 is 0 Å². The van der Waals surface area contributed by atoms with Crippen molar-refractivity contribution >= 4 is 38.0 Å². The van der Waals surface area contributed by atoms with Crippen molar-refractivity contribution in [3.63, 3.8) is 0 Å². The van der Waals surface area contributed by atoms with Crippen LogP contribution in [0.25, 0.3) is 16.0 Å². The van der Waals surface area contributed by atoms with E-state index in [0.717, 1.165) is 0 Å². The van der Waals surface area contributed by atoms with Crippen molar-refractivity contribution in [2.24, 2.45) is 0 Å². The quantitative estimate of drug-likeness (QED) is 0.515. The number of hydrogen-bond acceptors (Lipinski definition) is 9. The third kappa shape index (κ3) is 4.28. The van der Waals surface area contributed by atoms with Crippen molar-refractivity contribution in [2.45, 2.75) is 56.3 Å². The van der Waals surface area contributed by atoms with Gasteiger partial charge in [-0.2, -0.15) is 5.10 Å². The van der Waals surface area contributed by atoms with E-state index in [1.165, 1.54) is 10.7 Å². The average Bonchev–Trinajstić information content (AvgIpc) is 3.42. The number of anilines is 1. The number of sulfonamides is 1. The molecule has 5 rings (SSSR count). The maximum Gasteiger partial charge on any atom is 0.291 e. The van der Waals surface area contributed by atoms with E-state index in [-0.39, 0.29) is 34.3 Å². The molecule has 184 valence electrons. The van der Waals surface area contributed by atoms with Gasteiger partial charge in [-0.05, 0) is 32.9 Å². The van der Waals surface area contributed by atoms with Gasteiger partial charge in [0.1, 0.15) is 0 Å². The van der Waals surface area contributed by atoms with Crippen LogP contribution in [0, 0.1) is 0 Å². The fourth-order valence-corrected chi connectivity index (χ4v) is 6.36. The Morgan fingerprint density at radius 1 is 1.21 bits per heavy atom. The lowest BCUT2D eigenvalue weighted by molar-refractivity contribution is -0.0666. The Balaban J connectivity index is 1.64. The third-order valence-corrected chi connectivity index (χ3v) is 8.43. The zero-order valence-electron chi connectivity index (χ0n) is 18.8. The number of nitrogens with one attached hydrogen (secondary N) is 2. The topological polar surface area (TPSA) is 114 Å². The van der Waals surface area contributed by atoms with Crippen LogP contribution in [-0.4, -0.2) is 72.3 Å². The minimum Gasteiger partial charge on any atom is -0.375 e. The minimum absolute atomic E-state index is 0.0632. The summed E-state index contributed by atoms with van der Waals surface area (Å²) in [6, 6.07) is 3.21. The summed E-state index contributed by atoms with van der Waals surface area (Å²) < 4.78 is 62.2. The summed E-state index contributed by atoms with van der Waals surface area (Å²) in [4.78, 5) is 2.19. The maximum atomic E-state index is 13.3. The summed E-state index contributed by atoms with van der Waals surface area (Å²) in [5, 5.41) is 15.6. The van der Waals surface area contributed by atoms with Gasteiger partial charge in [-0.1, -0.05) is 11.3 Å². The standard InChI is InChI=1S/C20H25F2N7O3S2/c1-10-7-28(8-11(2)24-10)16-4-13(34(30,31)27-15-9-32-12(15)3)5-17-14(16)6-23-29(17)20-26-25-19(33-20)18(21)22/h4-6,10-12,15,18,24,27H,7-9H2,1-3H3/t10-,11-,12?,15?/m0/s1. The monoisotopic (exact) mass is 513 g/mol. The Labute approximate surface area is 199 Å². The van der Waals surface area contributed by atoms with Gasteiger partial charge in [-0.3, -0.25) is 0 Å². The second-order valence-corrected chi connectivity index (χ2v) is 11.5. The molecule has 3 aromatic rings. The number of aromatic nitrogens is 4. The molecule has 0 saturated carbocycles. The molecular weight excluding hydrogens is 488 g/mol. The lowest BCUT2D eigenvalue weighted by Crippen LogP contribution is -2.54. The lowest BCUT2D eigenvalue weighted by atomic mass is 10.1. The number of alkyl halides is 2. The van der Waals surface area contributed by atoms with Crippen LogP contribution in [0.1, 0.15) is 32.2 Å². The molecule has 0 amide bonds. The van der Waals surface area contributed by atoms with Crippen molar-refractivity contribution < 1.29 is 21.9 Å². The zero-order chi connectivity index (χ0) is 24.2. The molecule has 14 heteroatoms. The molecule has 2 fully saturated rings. The fourth-order valence-electron chi connectivity index (χ4n) is 4.36. The highest BCUT2D eigenvalue weighted by Crippen LogP contribution is 2.34. The number of benzene rings is 1. The largest absolute Gasteiger partial charge is 0.375 e. The summed E-state index contributed by atoms with van der Waals surface area (Å²) in [6.07, 6.45) is -1.36. The minimum atomic E-state index is -3.88. The van der Waals surface area contributed by atoms with Crippen LogP contribution in [0.5, 0.6) is 0 Å². The Morgan fingerprint density at radius 3 is 2.53 bits per heavy atom. The summed E-state index contributed by atoms with van der Waals surface area (Å²) in [7, 11) is -3.88. The molecule has 4 atom stereocenters. The number of rotatable bonds is 6. The van der Waals surface area contributed by atoms with Crippen molar-refractivity contribution in [3.05, 3.63) is 23.3 Å². The van der Waals surface area contributed by atoms with Gasteiger partial charge in [-0.15, -0.1) is 10.2 Å². The molecule has 10 nitrogen and oxygen atoms in total. The fraction of sp³-hybridized carbons (Fsp3) is 0.550. The SMILES string of the molecule is CC1OCC1NS(=O)(=O)c1cc(N2C[C@H](C)N[C@@H](C)C2)c2cnn(-c3nnc(C(F)F)s3)c2c1. The molecule has 0 bridgehead atoms. The van der Waals surface area contributed by atoms with Crippen LogP contribution < -0.4 is 14.9 Å². The highest BCUT2D eigenvalue weighted by molar-refractivity contribution is 7.89. The lowest BCUT2D eigenvalue weighted by Gasteiger charge is -2.38. The molecule has 2 unspecified atom stereocenters. The van der Waals surface area contributed by atoms with Gasteiger partial charge in [0.25, 0.3) is 6.43 Å². The van der Waals surface area contributed by atoms with Crippen LogP contribution in [0.3, 0.4) is 0 Å². The number of nitrogens with zero attached hydrogens (tertiary/aromatic N) is 5. The van der Waals surface area contributed by atoms with Gasteiger partial charge in [0, 0.05) is 36.2 Å². The maximum absolute atomic E-state index is 13.3. The van der Waals surface area contributed by atoms with Crippen LogP contribution in [0.4, 0.5) is 14.5 Å². The first-order valence-electron chi connectivity index (χ1n) is 10.9. The molecular formula is C20H25F2N7O3S2.